The number of aromatic nitrogens is 3. The number of benzene rings is 1. The van der Waals surface area contributed by atoms with Crippen LogP contribution in [0, 0.1) is 6.92 Å². The number of H-pyrrole nitrogens is 1. The lowest BCUT2D eigenvalue weighted by molar-refractivity contribution is -0.122. The molecule has 1 amide bonds. The Balaban J connectivity index is 1.51. The van der Waals surface area contributed by atoms with Crippen LogP contribution in [-0.4, -0.2) is 26.5 Å². The van der Waals surface area contributed by atoms with Crippen LogP contribution in [0.5, 0.6) is 0 Å². The van der Waals surface area contributed by atoms with Crippen LogP contribution in [0.4, 0.5) is 0 Å². The van der Waals surface area contributed by atoms with Crippen molar-refractivity contribution in [2.24, 2.45) is 0 Å². The predicted molar refractivity (Wildman–Crippen MR) is 102 cm³/mol. The molecule has 3 aromatic rings. The number of carbonyl (C=O) groups is 1. The molecule has 0 atom stereocenters. The summed E-state index contributed by atoms with van der Waals surface area (Å²) in [5.41, 5.74) is 3.10. The van der Waals surface area contributed by atoms with E-state index in [2.05, 4.69) is 15.3 Å². The number of rotatable bonds is 4. The number of hydrogen-bond donors (Lipinski definition) is 2. The summed E-state index contributed by atoms with van der Waals surface area (Å²) in [4.78, 5) is 32.6. The maximum atomic E-state index is 12.7. The second-order valence-corrected chi connectivity index (χ2v) is 7.29. The van der Waals surface area contributed by atoms with Gasteiger partial charge in [0.15, 0.2) is 0 Å². The molecule has 6 heteroatoms. The number of carbonyl (C=O) groups excluding carboxylic acids is 1. The highest BCUT2D eigenvalue weighted by atomic mass is 16.2. The zero-order valence-electron chi connectivity index (χ0n) is 15.0. The van der Waals surface area contributed by atoms with E-state index in [1.807, 2.05) is 25.1 Å². The van der Waals surface area contributed by atoms with Crippen LogP contribution in [0.2, 0.25) is 0 Å². The molecule has 0 spiro atoms. The SMILES string of the molecule is Cc1ccc2[nH]c3c(=O)n(CCC(=O)NC4CCCCC4)cnc3c2c1. The van der Waals surface area contributed by atoms with E-state index >= 15 is 0 Å². The Bertz CT molecular complexity index is 1010. The maximum Gasteiger partial charge on any atom is 0.277 e. The first-order valence-corrected chi connectivity index (χ1v) is 9.38. The number of amides is 1. The lowest BCUT2D eigenvalue weighted by atomic mass is 9.95. The van der Waals surface area contributed by atoms with E-state index in [1.54, 1.807) is 6.33 Å². The third kappa shape index (κ3) is 3.23. The van der Waals surface area contributed by atoms with E-state index in [4.69, 9.17) is 0 Å². The fraction of sp³-hybridized carbons (Fsp3) is 0.450. The van der Waals surface area contributed by atoms with Gasteiger partial charge in [-0.15, -0.1) is 0 Å². The first-order valence-electron chi connectivity index (χ1n) is 9.38. The third-order valence-electron chi connectivity index (χ3n) is 5.28. The van der Waals surface area contributed by atoms with Crippen molar-refractivity contribution in [2.45, 2.75) is 58.0 Å². The van der Waals surface area contributed by atoms with Crippen LogP contribution in [0.3, 0.4) is 0 Å². The minimum absolute atomic E-state index is 0.0103. The van der Waals surface area contributed by atoms with Gasteiger partial charge in [-0.1, -0.05) is 30.9 Å². The molecule has 136 valence electrons. The maximum absolute atomic E-state index is 12.7. The average Bonchev–Trinajstić information content (AvgIpc) is 3.01. The standard InChI is InChI=1S/C20H24N4O2/c1-13-7-8-16-15(11-13)18-19(23-16)20(26)24(12-21-18)10-9-17(25)22-14-5-3-2-4-6-14/h7-8,11-12,14,23H,2-6,9-10H2,1H3,(H,22,25). The molecule has 0 bridgehead atoms. The average molecular weight is 352 g/mol. The molecule has 0 saturated heterocycles. The number of nitrogens with one attached hydrogen (secondary N) is 2. The van der Waals surface area contributed by atoms with Crippen molar-refractivity contribution in [3.63, 3.8) is 0 Å². The van der Waals surface area contributed by atoms with Crippen molar-refractivity contribution in [3.8, 4) is 0 Å². The molecule has 1 fully saturated rings. The van der Waals surface area contributed by atoms with E-state index in [-0.39, 0.29) is 11.5 Å². The molecule has 4 rings (SSSR count). The van der Waals surface area contributed by atoms with Crippen molar-refractivity contribution in [3.05, 3.63) is 40.4 Å². The molecule has 1 aliphatic rings. The molecule has 2 N–H and O–H groups in total. The van der Waals surface area contributed by atoms with Gasteiger partial charge in [0.1, 0.15) is 11.0 Å². The van der Waals surface area contributed by atoms with Gasteiger partial charge in [0.2, 0.25) is 5.91 Å². The van der Waals surface area contributed by atoms with Gasteiger partial charge in [-0.3, -0.25) is 14.2 Å². The summed E-state index contributed by atoms with van der Waals surface area (Å²) >= 11 is 0. The van der Waals surface area contributed by atoms with Crippen LogP contribution < -0.4 is 10.9 Å². The summed E-state index contributed by atoms with van der Waals surface area (Å²) < 4.78 is 1.52. The van der Waals surface area contributed by atoms with Gasteiger partial charge in [0.25, 0.3) is 5.56 Å². The smallest absolute Gasteiger partial charge is 0.277 e. The Morgan fingerprint density at radius 3 is 2.92 bits per heavy atom. The van der Waals surface area contributed by atoms with Crippen LogP contribution >= 0.6 is 0 Å². The Hall–Kier alpha value is -2.63. The normalized spacial score (nSPS) is 15.6. The van der Waals surface area contributed by atoms with Gasteiger partial charge in [-0.25, -0.2) is 4.98 Å². The van der Waals surface area contributed by atoms with Crippen LogP contribution in [0.1, 0.15) is 44.1 Å². The van der Waals surface area contributed by atoms with Gasteiger partial charge in [-0.2, -0.15) is 0 Å². The van der Waals surface area contributed by atoms with Gasteiger partial charge < -0.3 is 10.3 Å². The summed E-state index contributed by atoms with van der Waals surface area (Å²) in [5.74, 6) is 0.0103. The van der Waals surface area contributed by atoms with Crippen molar-refractivity contribution in [2.75, 3.05) is 0 Å². The summed E-state index contributed by atoms with van der Waals surface area (Å²) in [6.07, 6.45) is 7.60. The highest BCUT2D eigenvalue weighted by Crippen LogP contribution is 2.22. The summed E-state index contributed by atoms with van der Waals surface area (Å²) in [7, 11) is 0. The molecule has 0 aliphatic heterocycles. The summed E-state index contributed by atoms with van der Waals surface area (Å²) in [6, 6.07) is 6.30. The van der Waals surface area contributed by atoms with Gasteiger partial charge in [0.05, 0.1) is 6.33 Å². The second-order valence-electron chi connectivity index (χ2n) is 7.29. The second kappa shape index (κ2) is 6.94. The van der Waals surface area contributed by atoms with Gasteiger partial charge in [0, 0.05) is 29.9 Å². The molecule has 0 unspecified atom stereocenters. The lowest BCUT2D eigenvalue weighted by Crippen LogP contribution is -2.37. The first-order chi connectivity index (χ1) is 12.6. The highest BCUT2D eigenvalue weighted by molar-refractivity contribution is 6.04. The zero-order chi connectivity index (χ0) is 18.1. The minimum atomic E-state index is -0.130. The number of hydrogen-bond acceptors (Lipinski definition) is 3. The highest BCUT2D eigenvalue weighted by Gasteiger charge is 2.16. The number of aromatic amines is 1. The van der Waals surface area contributed by atoms with Crippen LogP contribution in [-0.2, 0) is 11.3 Å². The summed E-state index contributed by atoms with van der Waals surface area (Å²) in [6.45, 7) is 2.36. The van der Waals surface area contributed by atoms with E-state index in [9.17, 15) is 9.59 Å². The van der Waals surface area contributed by atoms with E-state index < -0.39 is 0 Å². The van der Waals surface area contributed by atoms with Crippen molar-refractivity contribution in [1.29, 1.82) is 0 Å². The van der Waals surface area contributed by atoms with E-state index in [1.165, 1.54) is 23.8 Å². The Kier molecular flexibility index (Phi) is 4.49. The fourth-order valence-electron chi connectivity index (χ4n) is 3.83. The van der Waals surface area contributed by atoms with Crippen molar-refractivity contribution >= 4 is 27.8 Å². The van der Waals surface area contributed by atoms with Gasteiger partial charge >= 0.3 is 0 Å². The van der Waals surface area contributed by atoms with E-state index in [0.717, 1.165) is 29.3 Å². The zero-order valence-corrected chi connectivity index (χ0v) is 15.0. The molecule has 6 nitrogen and oxygen atoms in total. The van der Waals surface area contributed by atoms with Gasteiger partial charge in [-0.05, 0) is 31.9 Å². The molecule has 1 aromatic carbocycles. The fourth-order valence-corrected chi connectivity index (χ4v) is 3.83. The topological polar surface area (TPSA) is 79.8 Å². The number of nitrogens with zero attached hydrogens (tertiary/aromatic N) is 2. The van der Waals surface area contributed by atoms with E-state index in [0.29, 0.717) is 30.0 Å². The molecule has 0 radical (unpaired) electrons. The van der Waals surface area contributed by atoms with Crippen LogP contribution in [0.15, 0.2) is 29.3 Å². The lowest BCUT2D eigenvalue weighted by Gasteiger charge is -2.22. The predicted octanol–water partition coefficient (Wildman–Crippen LogP) is 3.03. The Morgan fingerprint density at radius 2 is 2.12 bits per heavy atom. The molecule has 2 heterocycles. The molecular weight excluding hydrogens is 328 g/mol. The molecule has 1 saturated carbocycles. The van der Waals surface area contributed by atoms with Crippen LogP contribution in [0.25, 0.3) is 21.9 Å². The summed E-state index contributed by atoms with van der Waals surface area (Å²) in [5, 5.41) is 4.05. The minimum Gasteiger partial charge on any atom is -0.353 e. The number of aryl methyl sites for hydroxylation is 2. The Labute approximate surface area is 151 Å². The number of fused-ring (bicyclic) bond motifs is 3. The molecule has 1 aliphatic carbocycles. The Morgan fingerprint density at radius 1 is 1.31 bits per heavy atom. The largest absolute Gasteiger partial charge is 0.353 e. The van der Waals surface area contributed by atoms with Crippen molar-refractivity contribution in [1.82, 2.24) is 19.9 Å². The quantitative estimate of drug-likeness (QED) is 0.757. The third-order valence-corrected chi connectivity index (χ3v) is 5.28. The first kappa shape index (κ1) is 16.8. The molecular formula is C20H24N4O2. The molecule has 26 heavy (non-hydrogen) atoms. The molecule has 2 aromatic heterocycles. The monoisotopic (exact) mass is 352 g/mol. The van der Waals surface area contributed by atoms with Crippen molar-refractivity contribution < 1.29 is 4.79 Å².